The van der Waals surface area contributed by atoms with Crippen LogP contribution in [0.25, 0.3) is 0 Å². The van der Waals surface area contributed by atoms with E-state index >= 15 is 0 Å². The van der Waals surface area contributed by atoms with Crippen LogP contribution < -0.4 is 4.72 Å². The Kier molecular flexibility index (Phi) is 3.74. The summed E-state index contributed by atoms with van der Waals surface area (Å²) in [7, 11) is -3.72. The largest absolute Gasteiger partial charge is 0.477 e. The van der Waals surface area contributed by atoms with Crippen molar-refractivity contribution in [2.75, 3.05) is 0 Å². The molecule has 0 radical (unpaired) electrons. The normalized spacial score (nSPS) is 11.6. The van der Waals surface area contributed by atoms with Crippen LogP contribution in [-0.2, 0) is 16.6 Å². The van der Waals surface area contributed by atoms with Gasteiger partial charge in [-0.25, -0.2) is 17.9 Å². The molecule has 6 nitrogen and oxygen atoms in total. The number of thiophene rings is 1. The van der Waals surface area contributed by atoms with Crippen LogP contribution in [0.5, 0.6) is 0 Å². The van der Waals surface area contributed by atoms with Crippen LogP contribution in [0.3, 0.4) is 0 Å². The number of aryl methyl sites for hydroxylation is 1. The van der Waals surface area contributed by atoms with Crippen LogP contribution in [-0.4, -0.2) is 19.5 Å². The first-order valence-corrected chi connectivity index (χ1v) is 7.54. The summed E-state index contributed by atoms with van der Waals surface area (Å²) in [6.45, 7) is 1.67. The number of carboxylic acid groups (broad SMARTS) is 1. The first kappa shape index (κ1) is 13.8. The van der Waals surface area contributed by atoms with Gasteiger partial charge in [0.2, 0.25) is 10.0 Å². The van der Waals surface area contributed by atoms with Crippen molar-refractivity contribution in [2.24, 2.45) is 0 Å². The standard InChI is InChI=1S/C11H11NO5S2/c1-7-10(4-9(18-7)11(13)14)19(15,16)12-5-8-2-3-17-6-8/h2-4,6,12H,5H2,1H3,(H,13,14). The highest BCUT2D eigenvalue weighted by molar-refractivity contribution is 7.89. The van der Waals surface area contributed by atoms with E-state index in [9.17, 15) is 13.2 Å². The Bertz CT molecular complexity index is 685. The molecular formula is C11H11NO5S2. The molecule has 0 aliphatic carbocycles. The van der Waals surface area contributed by atoms with Gasteiger partial charge in [0.15, 0.2) is 0 Å². The van der Waals surface area contributed by atoms with Crippen LogP contribution in [0.2, 0.25) is 0 Å². The minimum atomic E-state index is -3.72. The summed E-state index contributed by atoms with van der Waals surface area (Å²) in [6.07, 6.45) is 2.88. The van der Waals surface area contributed by atoms with Crippen molar-refractivity contribution in [1.29, 1.82) is 0 Å². The van der Waals surface area contributed by atoms with E-state index < -0.39 is 16.0 Å². The Morgan fingerprint density at radius 2 is 2.26 bits per heavy atom. The monoisotopic (exact) mass is 301 g/mol. The molecule has 2 heterocycles. The molecule has 0 unspecified atom stereocenters. The molecule has 0 fully saturated rings. The van der Waals surface area contributed by atoms with Crippen molar-refractivity contribution in [3.8, 4) is 0 Å². The predicted molar refractivity (Wildman–Crippen MR) is 68.7 cm³/mol. The fourth-order valence-corrected chi connectivity index (χ4v) is 3.93. The maximum atomic E-state index is 12.1. The van der Waals surface area contributed by atoms with Crippen LogP contribution in [0, 0.1) is 6.92 Å². The zero-order valence-corrected chi connectivity index (χ0v) is 11.5. The van der Waals surface area contributed by atoms with Crippen LogP contribution in [0.1, 0.15) is 20.1 Å². The number of carbonyl (C=O) groups is 1. The molecule has 0 aromatic carbocycles. The SMILES string of the molecule is Cc1sc(C(=O)O)cc1S(=O)(=O)NCc1ccoc1. The highest BCUT2D eigenvalue weighted by Gasteiger charge is 2.21. The lowest BCUT2D eigenvalue weighted by molar-refractivity contribution is 0.0702. The van der Waals surface area contributed by atoms with Crippen LogP contribution >= 0.6 is 11.3 Å². The van der Waals surface area contributed by atoms with E-state index in [0.717, 1.165) is 11.3 Å². The molecule has 0 atom stereocenters. The number of carboxylic acids is 1. The van der Waals surface area contributed by atoms with Crippen molar-refractivity contribution in [1.82, 2.24) is 4.72 Å². The van der Waals surface area contributed by atoms with E-state index in [0.29, 0.717) is 10.4 Å². The van der Waals surface area contributed by atoms with Crippen LogP contribution in [0.4, 0.5) is 0 Å². The first-order valence-electron chi connectivity index (χ1n) is 5.24. The average molecular weight is 301 g/mol. The van der Waals surface area contributed by atoms with Gasteiger partial charge in [0.1, 0.15) is 4.88 Å². The topological polar surface area (TPSA) is 96.6 Å². The van der Waals surface area contributed by atoms with Gasteiger partial charge in [-0.15, -0.1) is 11.3 Å². The van der Waals surface area contributed by atoms with Gasteiger partial charge in [0.05, 0.1) is 17.4 Å². The molecule has 19 heavy (non-hydrogen) atoms. The van der Waals surface area contributed by atoms with Gasteiger partial charge < -0.3 is 9.52 Å². The summed E-state index contributed by atoms with van der Waals surface area (Å²) in [5.74, 6) is -1.13. The number of hydrogen-bond donors (Lipinski definition) is 2. The third kappa shape index (κ3) is 3.03. The van der Waals surface area contributed by atoms with Crippen molar-refractivity contribution < 1.29 is 22.7 Å². The Hall–Kier alpha value is -1.64. The van der Waals surface area contributed by atoms with Gasteiger partial charge in [0.25, 0.3) is 0 Å². The summed E-state index contributed by atoms with van der Waals surface area (Å²) in [5, 5.41) is 8.85. The molecule has 2 aromatic rings. The first-order chi connectivity index (χ1) is 8.90. The lowest BCUT2D eigenvalue weighted by Crippen LogP contribution is -2.23. The Labute approximate surface area is 113 Å². The van der Waals surface area contributed by atoms with Gasteiger partial charge in [0, 0.05) is 17.0 Å². The Morgan fingerprint density at radius 1 is 1.53 bits per heavy atom. The molecule has 0 saturated carbocycles. The highest BCUT2D eigenvalue weighted by Crippen LogP contribution is 2.25. The quantitative estimate of drug-likeness (QED) is 0.878. The smallest absolute Gasteiger partial charge is 0.345 e. The number of rotatable bonds is 5. The molecule has 0 aliphatic rings. The number of furan rings is 1. The van der Waals surface area contributed by atoms with Gasteiger partial charge in [-0.05, 0) is 19.1 Å². The lowest BCUT2D eigenvalue weighted by Gasteiger charge is -2.04. The van der Waals surface area contributed by atoms with Crippen molar-refractivity contribution >= 4 is 27.3 Å². The van der Waals surface area contributed by atoms with E-state index in [4.69, 9.17) is 9.52 Å². The number of aromatic carboxylic acids is 1. The third-order valence-electron chi connectivity index (χ3n) is 2.42. The minimum Gasteiger partial charge on any atom is -0.477 e. The number of sulfonamides is 1. The van der Waals surface area contributed by atoms with Crippen molar-refractivity contribution in [2.45, 2.75) is 18.4 Å². The van der Waals surface area contributed by atoms with Crippen molar-refractivity contribution in [3.05, 3.63) is 40.0 Å². The second kappa shape index (κ2) is 5.16. The lowest BCUT2D eigenvalue weighted by atomic mass is 10.4. The van der Waals surface area contributed by atoms with E-state index in [-0.39, 0.29) is 16.3 Å². The molecule has 2 aromatic heterocycles. The van der Waals surface area contributed by atoms with Gasteiger partial charge in [-0.1, -0.05) is 0 Å². The number of hydrogen-bond acceptors (Lipinski definition) is 5. The van der Waals surface area contributed by atoms with E-state index in [1.54, 1.807) is 13.0 Å². The minimum absolute atomic E-state index is 0.00110. The van der Waals surface area contributed by atoms with E-state index in [1.165, 1.54) is 18.6 Å². The molecular weight excluding hydrogens is 290 g/mol. The summed E-state index contributed by atoms with van der Waals surface area (Å²) in [5.41, 5.74) is 0.690. The zero-order chi connectivity index (χ0) is 14.0. The Balaban J connectivity index is 2.22. The maximum Gasteiger partial charge on any atom is 0.345 e. The fourth-order valence-electron chi connectivity index (χ4n) is 1.49. The van der Waals surface area contributed by atoms with E-state index in [2.05, 4.69) is 4.72 Å². The van der Waals surface area contributed by atoms with Crippen LogP contribution in [0.15, 0.2) is 34.0 Å². The third-order valence-corrected chi connectivity index (χ3v) is 5.11. The molecule has 0 aliphatic heterocycles. The molecule has 0 amide bonds. The molecule has 2 N–H and O–H groups in total. The van der Waals surface area contributed by atoms with Gasteiger partial charge in [-0.3, -0.25) is 0 Å². The summed E-state index contributed by atoms with van der Waals surface area (Å²) >= 11 is 0.935. The molecule has 2 rings (SSSR count). The van der Waals surface area contributed by atoms with Crippen molar-refractivity contribution in [3.63, 3.8) is 0 Å². The van der Waals surface area contributed by atoms with Gasteiger partial charge in [-0.2, -0.15) is 0 Å². The second-order valence-electron chi connectivity index (χ2n) is 3.79. The molecule has 0 spiro atoms. The average Bonchev–Trinajstić information content (AvgIpc) is 2.95. The second-order valence-corrected chi connectivity index (χ2v) is 6.78. The molecule has 102 valence electrons. The highest BCUT2D eigenvalue weighted by atomic mass is 32.2. The van der Waals surface area contributed by atoms with E-state index in [1.807, 2.05) is 0 Å². The maximum absolute atomic E-state index is 12.1. The van der Waals surface area contributed by atoms with Gasteiger partial charge >= 0.3 is 5.97 Å². The fraction of sp³-hybridized carbons (Fsp3) is 0.182. The summed E-state index contributed by atoms with van der Waals surface area (Å²) < 4.78 is 31.3. The number of nitrogens with one attached hydrogen (secondary N) is 1. The predicted octanol–water partition coefficient (Wildman–Crippen LogP) is 1.83. The Morgan fingerprint density at radius 3 is 2.79 bits per heavy atom. The zero-order valence-electron chi connectivity index (χ0n) is 9.91. The molecule has 8 heteroatoms. The summed E-state index contributed by atoms with van der Waals surface area (Å²) in [6, 6.07) is 2.81. The molecule has 0 bridgehead atoms. The molecule has 0 saturated heterocycles. The summed E-state index contributed by atoms with van der Waals surface area (Å²) in [4.78, 5) is 11.3.